The van der Waals surface area contributed by atoms with Crippen molar-refractivity contribution in [1.29, 1.82) is 0 Å². The first-order valence-electron chi connectivity index (χ1n) is 5.07. The van der Waals surface area contributed by atoms with E-state index >= 15 is 0 Å². The predicted molar refractivity (Wildman–Crippen MR) is 63.9 cm³/mol. The lowest BCUT2D eigenvalue weighted by Gasteiger charge is -2.01. The number of carbonyl (C=O) groups is 1. The van der Waals surface area contributed by atoms with Gasteiger partial charge in [0, 0.05) is 17.7 Å². The van der Waals surface area contributed by atoms with Gasteiger partial charge >= 0.3 is 11.7 Å². The van der Waals surface area contributed by atoms with Gasteiger partial charge in [-0.1, -0.05) is 0 Å². The smallest absolute Gasteiger partial charge is 0.352 e. The van der Waals surface area contributed by atoms with E-state index in [-0.39, 0.29) is 17.1 Å². The number of aromatic nitrogens is 2. The van der Waals surface area contributed by atoms with E-state index in [1.165, 1.54) is 30.3 Å². The quantitative estimate of drug-likeness (QED) is 0.627. The van der Waals surface area contributed by atoms with Gasteiger partial charge in [0.05, 0.1) is 10.6 Å². The fourth-order valence-electron chi connectivity index (χ4n) is 1.47. The van der Waals surface area contributed by atoms with Crippen molar-refractivity contribution in [3.8, 4) is 11.3 Å². The molecule has 0 unspecified atom stereocenters. The lowest BCUT2D eigenvalue weighted by molar-refractivity contribution is -0.384. The fourth-order valence-corrected chi connectivity index (χ4v) is 1.47. The molecule has 96 valence electrons. The van der Waals surface area contributed by atoms with Crippen molar-refractivity contribution in [3.05, 3.63) is 56.6 Å². The molecule has 1 heterocycles. The number of nitrogens with one attached hydrogen (secondary N) is 1. The summed E-state index contributed by atoms with van der Waals surface area (Å²) in [4.78, 5) is 37.7. The van der Waals surface area contributed by atoms with Gasteiger partial charge < -0.3 is 5.11 Å². The highest BCUT2D eigenvalue weighted by Crippen LogP contribution is 2.20. The van der Waals surface area contributed by atoms with Crippen molar-refractivity contribution in [1.82, 2.24) is 9.97 Å². The van der Waals surface area contributed by atoms with Crippen LogP contribution in [0.4, 0.5) is 5.69 Å². The van der Waals surface area contributed by atoms with Gasteiger partial charge in [-0.3, -0.25) is 15.1 Å². The summed E-state index contributed by atoms with van der Waals surface area (Å²) < 4.78 is 0. The van der Waals surface area contributed by atoms with Crippen LogP contribution in [0.15, 0.2) is 35.1 Å². The maximum Gasteiger partial charge on any atom is 0.352 e. The molecule has 0 amide bonds. The number of rotatable bonds is 3. The molecule has 0 spiro atoms. The molecule has 2 N–H and O–H groups in total. The van der Waals surface area contributed by atoms with E-state index in [0.717, 1.165) is 0 Å². The zero-order valence-electron chi connectivity index (χ0n) is 9.36. The standard InChI is InChI=1S/C11H7N3O5/c15-10(16)9-5-8(12-11(17)13-9)6-1-3-7(4-2-6)14(18)19/h1-5H,(H,15,16)(H,12,13,17). The summed E-state index contributed by atoms with van der Waals surface area (Å²) in [6.07, 6.45) is 0. The minimum Gasteiger partial charge on any atom is -0.477 e. The number of aromatic carboxylic acids is 1. The molecule has 0 aliphatic carbocycles. The molecule has 1 aromatic carbocycles. The summed E-state index contributed by atoms with van der Waals surface area (Å²) in [7, 11) is 0. The number of nitro groups is 1. The summed E-state index contributed by atoms with van der Waals surface area (Å²) in [5.41, 5.74) is -0.649. The van der Waals surface area contributed by atoms with Gasteiger partial charge in [-0.25, -0.2) is 9.59 Å². The van der Waals surface area contributed by atoms with Crippen molar-refractivity contribution >= 4 is 11.7 Å². The molecule has 0 radical (unpaired) electrons. The minimum absolute atomic E-state index is 0.105. The van der Waals surface area contributed by atoms with Crippen LogP contribution in [-0.4, -0.2) is 26.0 Å². The molecule has 0 atom stereocenters. The zero-order valence-corrected chi connectivity index (χ0v) is 9.36. The summed E-state index contributed by atoms with van der Waals surface area (Å²) in [5.74, 6) is -1.29. The van der Waals surface area contributed by atoms with Crippen LogP contribution >= 0.6 is 0 Å². The van der Waals surface area contributed by atoms with Crippen molar-refractivity contribution in [3.63, 3.8) is 0 Å². The Balaban J connectivity index is 2.49. The van der Waals surface area contributed by atoms with E-state index in [4.69, 9.17) is 5.11 Å². The average Bonchev–Trinajstić information content (AvgIpc) is 2.38. The van der Waals surface area contributed by atoms with E-state index in [2.05, 4.69) is 9.97 Å². The van der Waals surface area contributed by atoms with E-state index < -0.39 is 16.6 Å². The number of hydrogen-bond acceptors (Lipinski definition) is 5. The Bertz CT molecular complexity index is 705. The molecule has 2 aromatic rings. The Kier molecular flexibility index (Phi) is 3.06. The van der Waals surface area contributed by atoms with Crippen molar-refractivity contribution in [2.24, 2.45) is 0 Å². The van der Waals surface area contributed by atoms with Crippen LogP contribution < -0.4 is 5.69 Å². The Morgan fingerprint density at radius 2 is 1.95 bits per heavy atom. The number of H-pyrrole nitrogens is 1. The van der Waals surface area contributed by atoms with Crippen LogP contribution in [0, 0.1) is 10.1 Å². The molecule has 0 aliphatic rings. The number of benzene rings is 1. The van der Waals surface area contributed by atoms with Crippen molar-refractivity contribution < 1.29 is 14.8 Å². The van der Waals surface area contributed by atoms with E-state index in [1.807, 2.05) is 0 Å². The van der Waals surface area contributed by atoms with Crippen LogP contribution in [0.5, 0.6) is 0 Å². The number of carboxylic acid groups (broad SMARTS) is 1. The molecule has 0 saturated heterocycles. The van der Waals surface area contributed by atoms with E-state index in [9.17, 15) is 19.7 Å². The molecule has 0 saturated carbocycles. The van der Waals surface area contributed by atoms with Gasteiger partial charge in [-0.15, -0.1) is 0 Å². The molecule has 0 bridgehead atoms. The first kappa shape index (κ1) is 12.4. The molecular weight excluding hydrogens is 254 g/mol. The SMILES string of the molecule is O=C(O)c1cc(-c2ccc([N+](=O)[O-])cc2)nc(=O)[nH]1. The minimum atomic E-state index is -1.29. The van der Waals surface area contributed by atoms with Crippen molar-refractivity contribution in [2.45, 2.75) is 0 Å². The predicted octanol–water partition coefficient (Wildman–Crippen LogP) is 1.04. The second-order valence-electron chi connectivity index (χ2n) is 3.59. The Labute approximate surface area is 105 Å². The molecule has 8 heteroatoms. The molecule has 0 aliphatic heterocycles. The number of nitrogens with zero attached hydrogens (tertiary/aromatic N) is 2. The first-order valence-corrected chi connectivity index (χ1v) is 5.07. The van der Waals surface area contributed by atoms with Crippen LogP contribution in [0.1, 0.15) is 10.5 Å². The maximum atomic E-state index is 11.2. The van der Waals surface area contributed by atoms with Gasteiger partial charge in [0.1, 0.15) is 5.69 Å². The highest BCUT2D eigenvalue weighted by Gasteiger charge is 2.10. The number of hydrogen-bond donors (Lipinski definition) is 2. The lowest BCUT2D eigenvalue weighted by atomic mass is 10.1. The first-order chi connectivity index (χ1) is 8.97. The molecule has 2 rings (SSSR count). The topological polar surface area (TPSA) is 126 Å². The summed E-state index contributed by atoms with van der Waals surface area (Å²) >= 11 is 0. The molecule has 8 nitrogen and oxygen atoms in total. The van der Waals surface area contributed by atoms with E-state index in [1.54, 1.807) is 0 Å². The summed E-state index contributed by atoms with van der Waals surface area (Å²) in [5, 5.41) is 19.3. The van der Waals surface area contributed by atoms with Crippen LogP contribution in [0.2, 0.25) is 0 Å². The van der Waals surface area contributed by atoms with Crippen LogP contribution in [-0.2, 0) is 0 Å². The van der Waals surface area contributed by atoms with Crippen molar-refractivity contribution in [2.75, 3.05) is 0 Å². The highest BCUT2D eigenvalue weighted by atomic mass is 16.6. The highest BCUT2D eigenvalue weighted by molar-refractivity contribution is 5.86. The van der Waals surface area contributed by atoms with Crippen LogP contribution in [0.3, 0.4) is 0 Å². The zero-order chi connectivity index (χ0) is 14.0. The normalized spacial score (nSPS) is 10.1. The second kappa shape index (κ2) is 4.69. The molecular formula is C11H7N3O5. The summed E-state index contributed by atoms with van der Waals surface area (Å²) in [6.45, 7) is 0. The largest absolute Gasteiger partial charge is 0.477 e. The average molecular weight is 261 g/mol. The Morgan fingerprint density at radius 1 is 1.32 bits per heavy atom. The number of aromatic amines is 1. The molecule has 0 fully saturated rings. The fraction of sp³-hybridized carbons (Fsp3) is 0. The van der Waals surface area contributed by atoms with Gasteiger partial charge in [-0.2, -0.15) is 4.98 Å². The van der Waals surface area contributed by atoms with E-state index in [0.29, 0.717) is 5.56 Å². The third-order valence-corrected chi connectivity index (χ3v) is 2.35. The molecule has 19 heavy (non-hydrogen) atoms. The third-order valence-electron chi connectivity index (χ3n) is 2.35. The Morgan fingerprint density at radius 3 is 2.47 bits per heavy atom. The number of nitro benzene ring substituents is 1. The summed E-state index contributed by atoms with van der Waals surface area (Å²) in [6, 6.07) is 6.47. The second-order valence-corrected chi connectivity index (χ2v) is 3.59. The van der Waals surface area contributed by atoms with Gasteiger partial charge in [0.25, 0.3) is 5.69 Å². The van der Waals surface area contributed by atoms with Gasteiger partial charge in [0.2, 0.25) is 0 Å². The lowest BCUT2D eigenvalue weighted by Crippen LogP contribution is -2.16. The van der Waals surface area contributed by atoms with Gasteiger partial charge in [-0.05, 0) is 18.2 Å². The third kappa shape index (κ3) is 2.63. The molecule has 1 aromatic heterocycles. The van der Waals surface area contributed by atoms with Gasteiger partial charge in [0.15, 0.2) is 0 Å². The maximum absolute atomic E-state index is 11.2. The number of non-ortho nitro benzene ring substituents is 1. The number of carboxylic acids is 1. The van der Waals surface area contributed by atoms with Crippen LogP contribution in [0.25, 0.3) is 11.3 Å². The Hall–Kier alpha value is -3.03. The monoisotopic (exact) mass is 261 g/mol.